The fourth-order valence-corrected chi connectivity index (χ4v) is 4.40. The average molecular weight is 401 g/mol. The fraction of sp³-hybridized carbons (Fsp3) is 0.200. The van der Waals surface area contributed by atoms with Gasteiger partial charge in [0.05, 0.1) is 29.1 Å². The molecule has 0 spiro atoms. The van der Waals surface area contributed by atoms with Gasteiger partial charge in [0, 0.05) is 10.4 Å². The van der Waals surface area contributed by atoms with Crippen LogP contribution < -0.4 is 4.74 Å². The van der Waals surface area contributed by atoms with Crippen LogP contribution >= 0.6 is 11.3 Å². The molecule has 0 atom stereocenters. The lowest BCUT2D eigenvalue weighted by molar-refractivity contribution is 0.416. The first-order chi connectivity index (χ1) is 14.2. The van der Waals surface area contributed by atoms with Crippen LogP contribution in [0.3, 0.4) is 0 Å². The Bertz CT molecular complexity index is 1120. The Hall–Kier alpha value is -2.98. The Morgan fingerprint density at radius 3 is 2.28 bits per heavy atom. The maximum absolute atomic E-state index is 5.61. The molecule has 146 valence electrons. The van der Waals surface area contributed by atoms with E-state index >= 15 is 0 Å². The largest absolute Gasteiger partial charge is 0.496 e. The van der Waals surface area contributed by atoms with E-state index in [4.69, 9.17) is 14.7 Å². The van der Waals surface area contributed by atoms with Crippen LogP contribution in [-0.2, 0) is 12.8 Å². The van der Waals surface area contributed by atoms with Crippen LogP contribution in [0.15, 0.2) is 66.7 Å². The van der Waals surface area contributed by atoms with E-state index in [1.165, 1.54) is 15.3 Å². The van der Waals surface area contributed by atoms with E-state index < -0.39 is 0 Å². The molecule has 0 unspecified atom stereocenters. The minimum atomic E-state index is 0.821. The lowest BCUT2D eigenvalue weighted by Crippen LogP contribution is -2.05. The van der Waals surface area contributed by atoms with E-state index in [1.54, 1.807) is 18.4 Å². The number of hydrogen-bond acceptors (Lipinski definition) is 4. The minimum Gasteiger partial charge on any atom is -0.496 e. The number of rotatable bonds is 6. The molecule has 4 heteroatoms. The maximum atomic E-state index is 5.61. The number of benzene rings is 2. The zero-order valence-corrected chi connectivity index (χ0v) is 17.8. The second kappa shape index (κ2) is 8.58. The van der Waals surface area contributed by atoms with Gasteiger partial charge in [0.25, 0.3) is 0 Å². The number of hydrogen-bond donors (Lipinski definition) is 0. The highest BCUT2D eigenvalue weighted by Gasteiger charge is 2.18. The minimum absolute atomic E-state index is 0.821. The Morgan fingerprint density at radius 2 is 1.55 bits per heavy atom. The molecule has 0 bridgehead atoms. The molecule has 29 heavy (non-hydrogen) atoms. The van der Waals surface area contributed by atoms with E-state index in [0.717, 1.165) is 46.9 Å². The van der Waals surface area contributed by atoms with E-state index in [-0.39, 0.29) is 0 Å². The molecule has 0 saturated heterocycles. The summed E-state index contributed by atoms with van der Waals surface area (Å²) in [7, 11) is 1.70. The molecule has 4 aromatic rings. The van der Waals surface area contributed by atoms with Crippen LogP contribution in [0.1, 0.15) is 21.8 Å². The second-order valence-corrected chi connectivity index (χ2v) is 8.34. The van der Waals surface area contributed by atoms with Crippen LogP contribution in [0.5, 0.6) is 5.75 Å². The van der Waals surface area contributed by atoms with Crippen LogP contribution in [-0.4, -0.2) is 17.1 Å². The summed E-state index contributed by atoms with van der Waals surface area (Å²) in [5.74, 6) is 0.821. The summed E-state index contributed by atoms with van der Waals surface area (Å²) in [5.41, 5.74) is 6.12. The van der Waals surface area contributed by atoms with E-state index in [9.17, 15) is 0 Å². The molecule has 4 rings (SSSR count). The highest BCUT2D eigenvalue weighted by atomic mass is 32.1. The van der Waals surface area contributed by atoms with Gasteiger partial charge < -0.3 is 4.74 Å². The first-order valence-corrected chi connectivity index (χ1v) is 10.6. The number of aromatic nitrogens is 2. The van der Waals surface area contributed by atoms with Crippen molar-refractivity contribution in [3.8, 4) is 27.6 Å². The van der Waals surface area contributed by atoms with Crippen molar-refractivity contribution in [2.45, 2.75) is 26.7 Å². The van der Waals surface area contributed by atoms with Gasteiger partial charge in [-0.25, -0.2) is 9.97 Å². The highest BCUT2D eigenvalue weighted by molar-refractivity contribution is 7.15. The van der Waals surface area contributed by atoms with Crippen LogP contribution in [0.4, 0.5) is 0 Å². The third kappa shape index (κ3) is 4.22. The van der Waals surface area contributed by atoms with Crippen molar-refractivity contribution in [2.24, 2.45) is 0 Å². The number of ether oxygens (including phenoxy) is 1. The number of aryl methyl sites for hydroxylation is 4. The summed E-state index contributed by atoms with van der Waals surface area (Å²) < 4.78 is 5.61. The predicted molar refractivity (Wildman–Crippen MR) is 121 cm³/mol. The lowest BCUT2D eigenvalue weighted by atomic mass is 10.0. The first-order valence-electron chi connectivity index (χ1n) is 9.77. The normalized spacial score (nSPS) is 10.9. The second-order valence-electron chi connectivity index (χ2n) is 7.05. The monoisotopic (exact) mass is 400 g/mol. The average Bonchev–Trinajstić information content (AvgIpc) is 3.19. The zero-order valence-electron chi connectivity index (χ0n) is 17.0. The fourth-order valence-electron chi connectivity index (χ4n) is 3.49. The topological polar surface area (TPSA) is 35.0 Å². The first kappa shape index (κ1) is 19.3. The van der Waals surface area contributed by atoms with Crippen molar-refractivity contribution in [1.82, 2.24) is 9.97 Å². The van der Waals surface area contributed by atoms with Gasteiger partial charge in [-0.1, -0.05) is 42.5 Å². The Balaban J connectivity index is 1.81. The molecule has 0 aliphatic carbocycles. The van der Waals surface area contributed by atoms with Crippen molar-refractivity contribution < 1.29 is 4.74 Å². The standard InChI is InChI=1S/C25H24N2OS/c1-17-13-16-23(29-17)24-18(2)26-25(20-11-7-8-12-22(20)28-3)21(27-24)15-14-19-9-5-4-6-10-19/h4-13,16H,14-15H2,1-3H3. The molecule has 0 fully saturated rings. The smallest absolute Gasteiger partial charge is 0.128 e. The number of thiophene rings is 1. The van der Waals surface area contributed by atoms with Crippen LogP contribution in [0.2, 0.25) is 0 Å². The Kier molecular flexibility index (Phi) is 5.72. The zero-order chi connectivity index (χ0) is 20.2. The van der Waals surface area contributed by atoms with Gasteiger partial charge in [0.15, 0.2) is 0 Å². The quantitative estimate of drug-likeness (QED) is 0.382. The van der Waals surface area contributed by atoms with Gasteiger partial charge >= 0.3 is 0 Å². The molecule has 0 N–H and O–H groups in total. The summed E-state index contributed by atoms with van der Waals surface area (Å²) in [6.45, 7) is 4.16. The lowest BCUT2D eigenvalue weighted by Gasteiger charge is -2.15. The molecule has 3 nitrogen and oxygen atoms in total. The van der Waals surface area contributed by atoms with Gasteiger partial charge in [0.2, 0.25) is 0 Å². The third-order valence-electron chi connectivity index (χ3n) is 4.97. The van der Waals surface area contributed by atoms with Gasteiger partial charge in [-0.3, -0.25) is 0 Å². The molecule has 2 heterocycles. The van der Waals surface area contributed by atoms with Crippen LogP contribution in [0.25, 0.3) is 21.8 Å². The Labute approximate surface area is 176 Å². The third-order valence-corrected chi connectivity index (χ3v) is 5.98. The van der Waals surface area contributed by atoms with E-state index in [0.29, 0.717) is 0 Å². The van der Waals surface area contributed by atoms with E-state index in [1.807, 2.05) is 31.2 Å². The molecule has 2 aromatic carbocycles. The SMILES string of the molecule is COc1ccccc1-c1nc(C)c(-c2ccc(C)s2)nc1CCc1ccccc1. The predicted octanol–water partition coefficient (Wildman–Crippen LogP) is 6.28. The molecule has 0 aliphatic rings. The number of nitrogens with zero attached hydrogens (tertiary/aromatic N) is 2. The van der Waals surface area contributed by atoms with Crippen molar-refractivity contribution in [3.05, 3.63) is 88.6 Å². The molecule has 0 amide bonds. The summed E-state index contributed by atoms with van der Waals surface area (Å²) in [6.07, 6.45) is 1.74. The Morgan fingerprint density at radius 1 is 0.793 bits per heavy atom. The summed E-state index contributed by atoms with van der Waals surface area (Å²) in [6, 6.07) is 22.8. The molecule has 0 radical (unpaired) electrons. The summed E-state index contributed by atoms with van der Waals surface area (Å²) in [5, 5.41) is 0. The van der Waals surface area contributed by atoms with Crippen molar-refractivity contribution in [2.75, 3.05) is 7.11 Å². The van der Waals surface area contributed by atoms with E-state index in [2.05, 4.69) is 49.4 Å². The van der Waals surface area contributed by atoms with Crippen molar-refractivity contribution in [3.63, 3.8) is 0 Å². The highest BCUT2D eigenvalue weighted by Crippen LogP contribution is 2.34. The van der Waals surface area contributed by atoms with Crippen molar-refractivity contribution >= 4 is 11.3 Å². The van der Waals surface area contributed by atoms with Gasteiger partial charge in [-0.05, 0) is 56.5 Å². The molecule has 0 aliphatic heterocycles. The number of para-hydroxylation sites is 1. The van der Waals surface area contributed by atoms with Gasteiger partial charge in [0.1, 0.15) is 11.4 Å². The van der Waals surface area contributed by atoms with Gasteiger partial charge in [-0.2, -0.15) is 0 Å². The molecule has 2 aromatic heterocycles. The molecular formula is C25H24N2OS. The number of methoxy groups -OCH3 is 1. The van der Waals surface area contributed by atoms with Gasteiger partial charge in [-0.15, -0.1) is 11.3 Å². The maximum Gasteiger partial charge on any atom is 0.128 e. The molecule has 0 saturated carbocycles. The van der Waals surface area contributed by atoms with Crippen molar-refractivity contribution in [1.29, 1.82) is 0 Å². The summed E-state index contributed by atoms with van der Waals surface area (Å²) >= 11 is 1.76. The van der Waals surface area contributed by atoms with Crippen LogP contribution in [0, 0.1) is 13.8 Å². The molecular weight excluding hydrogens is 376 g/mol. The summed E-state index contributed by atoms with van der Waals surface area (Å²) in [4.78, 5) is 12.6.